The fraction of sp³-hybridized carbons (Fsp3) is 1.00. The van der Waals surface area contributed by atoms with Crippen LogP contribution in [0.15, 0.2) is 0 Å². The molecule has 0 aromatic rings. The average molecular weight is 369 g/mol. The molecule has 2 spiro atoms. The van der Waals surface area contributed by atoms with E-state index >= 15 is 0 Å². The minimum Gasteiger partial charge on any atom is -0.194 e. The highest BCUT2D eigenvalue weighted by molar-refractivity contribution is 5.03. The zero-order chi connectivity index (χ0) is 19.7. The van der Waals surface area contributed by atoms with Crippen molar-refractivity contribution in [3.05, 3.63) is 0 Å². The smallest absolute Gasteiger partial charge is 0.194 e. The van der Waals surface area contributed by atoms with Crippen LogP contribution in [0.5, 0.6) is 0 Å². The monoisotopic (exact) mass is 368 g/mol. The quantitative estimate of drug-likeness (QED) is 0.494. The summed E-state index contributed by atoms with van der Waals surface area (Å²) in [6.45, 7) is 22.4. The molecule has 26 heavy (non-hydrogen) atoms. The van der Waals surface area contributed by atoms with E-state index in [9.17, 15) is 0 Å². The Labute approximate surface area is 160 Å². The highest BCUT2D eigenvalue weighted by Crippen LogP contribution is 2.62. The second-order valence-electron chi connectivity index (χ2n) is 10.9. The van der Waals surface area contributed by atoms with Crippen LogP contribution in [0.1, 0.15) is 82.1 Å². The van der Waals surface area contributed by atoms with Crippen LogP contribution in [0.25, 0.3) is 0 Å². The van der Waals surface area contributed by atoms with E-state index in [4.69, 9.17) is 19.6 Å². The normalized spacial score (nSPS) is 53.8. The topological polar surface area (TPSA) is 36.9 Å². The molecule has 3 aliphatic rings. The van der Waals surface area contributed by atoms with Gasteiger partial charge in [0.05, 0.1) is 0 Å². The Balaban J connectivity index is 1.93. The molecule has 6 atom stereocenters. The van der Waals surface area contributed by atoms with Crippen LogP contribution in [0.2, 0.25) is 0 Å². The Morgan fingerprint density at radius 2 is 0.808 bits per heavy atom. The molecule has 6 unspecified atom stereocenters. The first kappa shape index (κ1) is 20.6. The van der Waals surface area contributed by atoms with E-state index in [1.165, 1.54) is 0 Å². The van der Waals surface area contributed by atoms with Gasteiger partial charge in [-0.15, -0.1) is 0 Å². The number of rotatable bonds is 0. The van der Waals surface area contributed by atoms with Gasteiger partial charge in [0.15, 0.2) is 0 Å². The summed E-state index contributed by atoms with van der Waals surface area (Å²) in [5.41, 5.74) is -0.431. The van der Waals surface area contributed by atoms with Crippen molar-refractivity contribution in [2.24, 2.45) is 46.3 Å². The van der Waals surface area contributed by atoms with E-state index in [1.54, 1.807) is 0 Å². The van der Waals surface area contributed by atoms with Crippen molar-refractivity contribution < 1.29 is 19.6 Å². The first-order valence-electron chi connectivity index (χ1n) is 10.6. The van der Waals surface area contributed by atoms with Crippen LogP contribution in [0, 0.1) is 46.3 Å². The molecule has 152 valence electrons. The van der Waals surface area contributed by atoms with E-state index in [-0.39, 0.29) is 22.7 Å². The van der Waals surface area contributed by atoms with Crippen LogP contribution in [-0.2, 0) is 19.6 Å². The minimum atomic E-state index is -0.869. The van der Waals surface area contributed by atoms with E-state index in [0.717, 1.165) is 12.8 Å². The van der Waals surface area contributed by atoms with Gasteiger partial charge in [-0.1, -0.05) is 69.2 Å². The van der Waals surface area contributed by atoms with Crippen molar-refractivity contribution in [1.29, 1.82) is 0 Å². The van der Waals surface area contributed by atoms with Crippen molar-refractivity contribution in [3.63, 3.8) is 0 Å². The molecule has 0 aromatic heterocycles. The van der Waals surface area contributed by atoms with Gasteiger partial charge in [-0.05, 0) is 36.5 Å². The molecule has 3 rings (SSSR count). The van der Waals surface area contributed by atoms with Gasteiger partial charge in [0, 0.05) is 22.7 Å². The summed E-state index contributed by atoms with van der Waals surface area (Å²) in [4.78, 5) is 25.2. The van der Waals surface area contributed by atoms with Gasteiger partial charge in [0.25, 0.3) is 0 Å². The molecule has 1 aliphatic heterocycles. The molecular weight excluding hydrogens is 328 g/mol. The van der Waals surface area contributed by atoms with Crippen LogP contribution < -0.4 is 0 Å². The van der Waals surface area contributed by atoms with Gasteiger partial charge in [-0.2, -0.15) is 19.6 Å². The average Bonchev–Trinajstić information content (AvgIpc) is 2.57. The molecule has 4 nitrogen and oxygen atoms in total. The predicted molar refractivity (Wildman–Crippen MR) is 102 cm³/mol. The summed E-state index contributed by atoms with van der Waals surface area (Å²) in [7, 11) is 0. The van der Waals surface area contributed by atoms with Crippen LogP contribution >= 0.6 is 0 Å². The largest absolute Gasteiger partial charge is 0.241 e. The van der Waals surface area contributed by atoms with Crippen LogP contribution in [0.3, 0.4) is 0 Å². The van der Waals surface area contributed by atoms with Crippen molar-refractivity contribution in [1.82, 2.24) is 0 Å². The Morgan fingerprint density at radius 1 is 0.538 bits per heavy atom. The molecule has 0 radical (unpaired) electrons. The van der Waals surface area contributed by atoms with Crippen molar-refractivity contribution in [2.45, 2.75) is 93.7 Å². The standard InChI is InChI=1S/C22H40O4/c1-13-11-15(3)21(19(7,8)17(13)5)23-25-22(26-24-21)16(4)12-14(2)18(6)20(22,9)10/h13-18H,11-12H2,1-10H3. The third-order valence-electron chi connectivity index (χ3n) is 9.11. The highest BCUT2D eigenvalue weighted by atomic mass is 17.4. The Bertz CT molecular complexity index is 484. The third kappa shape index (κ3) is 2.41. The van der Waals surface area contributed by atoms with Crippen LogP contribution in [-0.4, -0.2) is 11.6 Å². The molecule has 3 fully saturated rings. The maximum Gasteiger partial charge on any atom is 0.241 e. The third-order valence-corrected chi connectivity index (χ3v) is 9.11. The lowest BCUT2D eigenvalue weighted by Gasteiger charge is -2.63. The Hall–Kier alpha value is -0.160. The summed E-state index contributed by atoms with van der Waals surface area (Å²) in [6, 6.07) is 0. The minimum absolute atomic E-state index is 0.194. The highest BCUT2D eigenvalue weighted by Gasteiger charge is 2.69. The molecule has 0 N–H and O–H groups in total. The van der Waals surface area contributed by atoms with Gasteiger partial charge in [0.1, 0.15) is 0 Å². The second-order valence-corrected chi connectivity index (χ2v) is 10.9. The maximum atomic E-state index is 6.29. The van der Waals surface area contributed by atoms with E-state index < -0.39 is 11.6 Å². The first-order chi connectivity index (χ1) is 11.8. The van der Waals surface area contributed by atoms with Gasteiger partial charge in [0.2, 0.25) is 11.6 Å². The molecular formula is C22H40O4. The molecule has 0 amide bonds. The fourth-order valence-electron chi connectivity index (χ4n) is 6.19. The zero-order valence-corrected chi connectivity index (χ0v) is 18.5. The maximum absolute atomic E-state index is 6.29. The van der Waals surface area contributed by atoms with Crippen LogP contribution in [0.4, 0.5) is 0 Å². The summed E-state index contributed by atoms with van der Waals surface area (Å²) in [6.07, 6.45) is 2.08. The van der Waals surface area contributed by atoms with Gasteiger partial charge in [-0.25, -0.2) is 0 Å². The first-order valence-corrected chi connectivity index (χ1v) is 10.6. The summed E-state index contributed by atoms with van der Waals surface area (Å²) in [5.74, 6) is 0.753. The molecule has 4 heteroatoms. The molecule has 1 saturated heterocycles. The van der Waals surface area contributed by atoms with Crippen molar-refractivity contribution in [2.75, 3.05) is 0 Å². The second kappa shape index (κ2) is 6.17. The van der Waals surface area contributed by atoms with Gasteiger partial charge in [-0.3, -0.25) is 0 Å². The molecule has 1 heterocycles. The number of hydrogen-bond acceptors (Lipinski definition) is 4. The van der Waals surface area contributed by atoms with Gasteiger partial charge >= 0.3 is 0 Å². The molecule has 2 saturated carbocycles. The lowest BCUT2D eigenvalue weighted by Crippen LogP contribution is -2.70. The lowest BCUT2D eigenvalue weighted by atomic mass is 9.57. The van der Waals surface area contributed by atoms with E-state index in [1.807, 2.05) is 0 Å². The molecule has 0 bridgehead atoms. The lowest BCUT2D eigenvalue weighted by molar-refractivity contribution is -0.703. The summed E-state index contributed by atoms with van der Waals surface area (Å²) < 4.78 is 0. The van der Waals surface area contributed by atoms with E-state index in [0.29, 0.717) is 23.7 Å². The SMILES string of the molecule is CC1CC(C)C2(OOC3(OO2)C(C)CC(C)C(C)C3(C)C)C(C)(C)C1C. The summed E-state index contributed by atoms with van der Waals surface area (Å²) >= 11 is 0. The van der Waals surface area contributed by atoms with E-state index in [2.05, 4.69) is 69.2 Å². The number of hydrogen-bond donors (Lipinski definition) is 0. The Morgan fingerprint density at radius 3 is 1.08 bits per heavy atom. The Kier molecular flexibility index (Phi) is 4.88. The van der Waals surface area contributed by atoms with Crippen molar-refractivity contribution >= 4 is 0 Å². The molecule has 0 aromatic carbocycles. The van der Waals surface area contributed by atoms with Crippen molar-refractivity contribution in [3.8, 4) is 0 Å². The zero-order valence-electron chi connectivity index (χ0n) is 18.5. The fourth-order valence-corrected chi connectivity index (χ4v) is 6.19. The molecule has 2 aliphatic carbocycles. The van der Waals surface area contributed by atoms with Gasteiger partial charge < -0.3 is 0 Å². The predicted octanol–water partition coefficient (Wildman–Crippen LogP) is 5.97. The summed E-state index contributed by atoms with van der Waals surface area (Å²) in [5, 5.41) is 0.